The van der Waals surface area contributed by atoms with Crippen LogP contribution in [0.25, 0.3) is 5.69 Å². The number of carbonyl (C=O) groups is 1. The largest absolute Gasteiger partial charge is 0.507 e. The van der Waals surface area contributed by atoms with Crippen molar-refractivity contribution in [3.8, 4) is 17.2 Å². The van der Waals surface area contributed by atoms with Gasteiger partial charge in [-0.05, 0) is 72.7 Å². The highest BCUT2D eigenvalue weighted by molar-refractivity contribution is 7.99. The molecule has 0 saturated heterocycles. The van der Waals surface area contributed by atoms with E-state index in [9.17, 15) is 9.90 Å². The molecule has 0 saturated carbocycles. The summed E-state index contributed by atoms with van der Waals surface area (Å²) in [6.45, 7) is 6.21. The Kier molecular flexibility index (Phi) is 9.14. The van der Waals surface area contributed by atoms with Crippen molar-refractivity contribution in [2.24, 2.45) is 0 Å². The van der Waals surface area contributed by atoms with E-state index in [0.717, 1.165) is 41.2 Å². The summed E-state index contributed by atoms with van der Waals surface area (Å²) in [4.78, 5) is 13.1. The molecular formula is C24H29ClN4O3S. The number of halogens is 1. The summed E-state index contributed by atoms with van der Waals surface area (Å²) < 4.78 is 7.60. The molecule has 0 aliphatic heterocycles. The summed E-state index contributed by atoms with van der Waals surface area (Å²) >= 11 is 8.15. The molecule has 1 N–H and O–H groups in total. The first kappa shape index (κ1) is 25.1. The van der Waals surface area contributed by atoms with Gasteiger partial charge in [0.05, 0.1) is 22.9 Å². The molecule has 3 rings (SSSR count). The molecule has 0 aliphatic rings. The normalized spacial score (nSPS) is 11.0. The molecule has 0 fully saturated rings. The van der Waals surface area contributed by atoms with Crippen LogP contribution >= 0.6 is 23.4 Å². The van der Waals surface area contributed by atoms with Crippen LogP contribution in [0.4, 0.5) is 0 Å². The van der Waals surface area contributed by atoms with Crippen LogP contribution in [-0.4, -0.2) is 43.5 Å². The minimum absolute atomic E-state index is 0.0618. The standard InChI is InChI=1S/C24H29ClN4O3S/c1-4-8-19-22(11-10-18(24(19)31)21(30)5-2)32-13-6-7-14-33-23-12-9-17(15-20(23)25)29-16(3)26-27-28-29/h9-12,15,31H,4-8,13-14H2,1-3H3. The smallest absolute Gasteiger partial charge is 0.166 e. The number of carbonyl (C=O) groups excluding carboxylic acids is 1. The van der Waals surface area contributed by atoms with Crippen LogP contribution in [0, 0.1) is 6.92 Å². The SMILES string of the molecule is CCCc1c(OCCCCSc2ccc(-n3nnnc3C)cc2Cl)ccc(C(=O)CC)c1O. The van der Waals surface area contributed by atoms with Gasteiger partial charge in [-0.15, -0.1) is 16.9 Å². The highest BCUT2D eigenvalue weighted by Gasteiger charge is 2.17. The number of phenols is 1. The van der Waals surface area contributed by atoms with Gasteiger partial charge in [0, 0.05) is 16.9 Å². The second-order valence-corrected chi connectivity index (χ2v) is 9.17. The molecule has 7 nitrogen and oxygen atoms in total. The number of unbranched alkanes of at least 4 members (excludes halogenated alkanes) is 1. The Balaban J connectivity index is 1.50. The molecule has 0 bridgehead atoms. The van der Waals surface area contributed by atoms with E-state index < -0.39 is 0 Å². The van der Waals surface area contributed by atoms with Crippen LogP contribution < -0.4 is 4.74 Å². The van der Waals surface area contributed by atoms with E-state index >= 15 is 0 Å². The molecule has 33 heavy (non-hydrogen) atoms. The van der Waals surface area contributed by atoms with Crippen LogP contribution in [0.5, 0.6) is 11.5 Å². The average Bonchev–Trinajstić information content (AvgIpc) is 3.24. The molecule has 0 amide bonds. The number of ketones is 1. The average molecular weight is 489 g/mol. The molecule has 3 aromatic rings. The van der Waals surface area contributed by atoms with E-state index in [-0.39, 0.29) is 11.5 Å². The van der Waals surface area contributed by atoms with Crippen molar-refractivity contribution in [3.05, 3.63) is 52.3 Å². The van der Waals surface area contributed by atoms with Crippen molar-refractivity contribution in [2.45, 2.75) is 57.8 Å². The summed E-state index contributed by atoms with van der Waals surface area (Å²) in [6.07, 6.45) is 3.71. The van der Waals surface area contributed by atoms with E-state index in [4.69, 9.17) is 16.3 Å². The summed E-state index contributed by atoms with van der Waals surface area (Å²) in [6, 6.07) is 9.27. The summed E-state index contributed by atoms with van der Waals surface area (Å²) in [5.41, 5.74) is 1.93. The monoisotopic (exact) mass is 488 g/mol. The maximum absolute atomic E-state index is 12.0. The fourth-order valence-electron chi connectivity index (χ4n) is 3.44. The molecular weight excluding hydrogens is 460 g/mol. The van der Waals surface area contributed by atoms with Crippen molar-refractivity contribution in [3.63, 3.8) is 0 Å². The molecule has 0 aliphatic carbocycles. The Hall–Kier alpha value is -2.58. The van der Waals surface area contributed by atoms with Crippen LogP contribution in [0.2, 0.25) is 5.02 Å². The quantitative estimate of drug-likeness (QED) is 0.195. The van der Waals surface area contributed by atoms with Crippen molar-refractivity contribution < 1.29 is 14.6 Å². The number of nitrogens with zero attached hydrogens (tertiary/aromatic N) is 4. The van der Waals surface area contributed by atoms with E-state index in [1.807, 2.05) is 32.0 Å². The zero-order valence-corrected chi connectivity index (χ0v) is 20.7. The molecule has 2 aromatic carbocycles. The highest BCUT2D eigenvalue weighted by atomic mass is 35.5. The predicted octanol–water partition coefficient (Wildman–Crippen LogP) is 5.83. The lowest BCUT2D eigenvalue weighted by Crippen LogP contribution is -2.04. The zero-order valence-electron chi connectivity index (χ0n) is 19.2. The fourth-order valence-corrected chi connectivity index (χ4v) is 4.71. The number of ether oxygens (including phenoxy) is 1. The van der Waals surface area contributed by atoms with Gasteiger partial charge in [0.25, 0.3) is 0 Å². The number of Topliss-reactive ketones (excluding diaryl/α,β-unsaturated/α-hetero) is 1. The van der Waals surface area contributed by atoms with Crippen molar-refractivity contribution in [1.29, 1.82) is 0 Å². The number of hydrogen-bond donors (Lipinski definition) is 1. The summed E-state index contributed by atoms with van der Waals surface area (Å²) in [7, 11) is 0. The van der Waals surface area contributed by atoms with Gasteiger partial charge in [0.2, 0.25) is 0 Å². The molecule has 176 valence electrons. The number of aryl methyl sites for hydroxylation is 1. The Morgan fingerprint density at radius 1 is 1.21 bits per heavy atom. The van der Waals surface area contributed by atoms with Crippen molar-refractivity contribution in [1.82, 2.24) is 20.2 Å². The van der Waals surface area contributed by atoms with E-state index in [0.29, 0.717) is 41.6 Å². The Labute approximate surface area is 203 Å². The van der Waals surface area contributed by atoms with Gasteiger partial charge in [0.15, 0.2) is 11.6 Å². The maximum Gasteiger partial charge on any atom is 0.166 e. The van der Waals surface area contributed by atoms with Gasteiger partial charge in [-0.2, -0.15) is 4.68 Å². The molecule has 0 unspecified atom stereocenters. The zero-order chi connectivity index (χ0) is 23.8. The summed E-state index contributed by atoms with van der Waals surface area (Å²) in [5.74, 6) is 2.27. The molecule has 0 radical (unpaired) electrons. The topological polar surface area (TPSA) is 90.1 Å². The number of hydrogen-bond acceptors (Lipinski definition) is 7. The second-order valence-electron chi connectivity index (χ2n) is 7.62. The van der Waals surface area contributed by atoms with Gasteiger partial charge < -0.3 is 9.84 Å². The molecule has 9 heteroatoms. The number of phenolic OH excluding ortho intramolecular Hbond substituents is 1. The first-order valence-corrected chi connectivity index (χ1v) is 12.5. The Morgan fingerprint density at radius 2 is 2.03 bits per heavy atom. The van der Waals surface area contributed by atoms with Crippen molar-refractivity contribution >= 4 is 29.1 Å². The van der Waals surface area contributed by atoms with Crippen LogP contribution in [-0.2, 0) is 6.42 Å². The van der Waals surface area contributed by atoms with Gasteiger partial charge in [-0.3, -0.25) is 4.79 Å². The van der Waals surface area contributed by atoms with E-state index in [1.165, 1.54) is 0 Å². The minimum Gasteiger partial charge on any atom is -0.507 e. The first-order chi connectivity index (χ1) is 16.0. The minimum atomic E-state index is -0.0618. The number of benzene rings is 2. The Bertz CT molecular complexity index is 1100. The van der Waals surface area contributed by atoms with Gasteiger partial charge in [-0.1, -0.05) is 31.9 Å². The van der Waals surface area contributed by atoms with E-state index in [2.05, 4.69) is 15.5 Å². The number of tetrazole rings is 1. The highest BCUT2D eigenvalue weighted by Crippen LogP contribution is 2.34. The number of aromatic hydroxyl groups is 1. The van der Waals surface area contributed by atoms with Crippen LogP contribution in [0.3, 0.4) is 0 Å². The Morgan fingerprint density at radius 3 is 2.70 bits per heavy atom. The first-order valence-electron chi connectivity index (χ1n) is 11.1. The third-order valence-corrected chi connectivity index (χ3v) is 6.79. The lowest BCUT2D eigenvalue weighted by atomic mass is 10.00. The predicted molar refractivity (Wildman–Crippen MR) is 131 cm³/mol. The van der Waals surface area contributed by atoms with Crippen LogP contribution in [0.15, 0.2) is 35.2 Å². The third kappa shape index (κ3) is 6.26. The number of thioether (sulfide) groups is 1. The van der Waals surface area contributed by atoms with Gasteiger partial charge in [0.1, 0.15) is 11.5 Å². The lowest BCUT2D eigenvalue weighted by molar-refractivity contribution is 0.0985. The van der Waals surface area contributed by atoms with E-state index in [1.54, 1.807) is 35.5 Å². The van der Waals surface area contributed by atoms with Crippen LogP contribution in [0.1, 0.15) is 61.3 Å². The lowest BCUT2D eigenvalue weighted by Gasteiger charge is -2.15. The fraction of sp³-hybridized carbons (Fsp3) is 0.417. The molecule has 1 heterocycles. The second kappa shape index (κ2) is 12.0. The van der Waals surface area contributed by atoms with Gasteiger partial charge >= 0.3 is 0 Å². The molecule has 0 spiro atoms. The molecule has 1 aromatic heterocycles. The number of rotatable bonds is 12. The van der Waals surface area contributed by atoms with Gasteiger partial charge in [-0.25, -0.2) is 0 Å². The third-order valence-electron chi connectivity index (χ3n) is 5.20. The number of aromatic nitrogens is 4. The molecule has 0 atom stereocenters. The summed E-state index contributed by atoms with van der Waals surface area (Å²) in [5, 5.41) is 22.7. The maximum atomic E-state index is 12.0. The van der Waals surface area contributed by atoms with Crippen molar-refractivity contribution in [2.75, 3.05) is 12.4 Å².